The van der Waals surface area contributed by atoms with Crippen molar-refractivity contribution in [1.82, 2.24) is 40.0 Å². The normalized spacial score (nSPS) is 13.7. The summed E-state index contributed by atoms with van der Waals surface area (Å²) < 4.78 is 20.5. The third-order valence-corrected chi connectivity index (χ3v) is 8.08. The van der Waals surface area contributed by atoms with Crippen molar-refractivity contribution in [2.75, 3.05) is 32.6 Å². The maximum absolute atomic E-state index is 14.7. The van der Waals surface area contributed by atoms with Crippen LogP contribution in [0, 0.1) is 11.7 Å². The van der Waals surface area contributed by atoms with Crippen molar-refractivity contribution < 1.29 is 13.9 Å². The summed E-state index contributed by atoms with van der Waals surface area (Å²) in [5.41, 5.74) is 5.89. The van der Waals surface area contributed by atoms with Gasteiger partial charge in [-0.05, 0) is 62.8 Å². The third-order valence-electron chi connectivity index (χ3n) is 8.08. The van der Waals surface area contributed by atoms with Gasteiger partial charge in [0.1, 0.15) is 23.9 Å². The highest BCUT2D eigenvalue weighted by Crippen LogP contribution is 2.34. The zero-order valence-electron chi connectivity index (χ0n) is 25.0. The van der Waals surface area contributed by atoms with Crippen molar-refractivity contribution in [3.05, 3.63) is 67.0 Å². The minimum atomic E-state index is -0.396. The Morgan fingerprint density at radius 2 is 1.93 bits per heavy atom. The number of benzene rings is 1. The Kier molecular flexibility index (Phi) is 7.64. The van der Waals surface area contributed by atoms with E-state index in [0.29, 0.717) is 58.5 Å². The fourth-order valence-electron chi connectivity index (χ4n) is 5.75. The van der Waals surface area contributed by atoms with Gasteiger partial charge in [-0.3, -0.25) is 19.9 Å². The van der Waals surface area contributed by atoms with E-state index in [1.807, 2.05) is 43.3 Å². The second-order valence-corrected chi connectivity index (χ2v) is 11.6. The first-order valence-electron chi connectivity index (χ1n) is 15.0. The second-order valence-electron chi connectivity index (χ2n) is 11.6. The number of hydrogen-bond donors (Lipinski definition) is 3. The SMILES string of the molecule is CN(C)CCOc1cc(F)cc(-c2ccnc3nc(-c4n[nH]c5cnc(-c6cncc(NC(=O)C7CCCC7)c6)cc45)[nH]c23)c1. The zero-order chi connectivity index (χ0) is 30.9. The lowest BCUT2D eigenvalue weighted by Gasteiger charge is -2.12. The van der Waals surface area contributed by atoms with Gasteiger partial charge in [0.05, 0.1) is 34.8 Å². The quantitative estimate of drug-likeness (QED) is 0.187. The highest BCUT2D eigenvalue weighted by molar-refractivity contribution is 5.97. The van der Waals surface area contributed by atoms with Gasteiger partial charge in [-0.15, -0.1) is 0 Å². The van der Waals surface area contributed by atoms with E-state index in [9.17, 15) is 9.18 Å². The summed E-state index contributed by atoms with van der Waals surface area (Å²) in [6, 6.07) is 10.3. The number of amides is 1. The van der Waals surface area contributed by atoms with E-state index in [-0.39, 0.29) is 11.8 Å². The highest BCUT2D eigenvalue weighted by Gasteiger charge is 2.23. The number of fused-ring (bicyclic) bond motifs is 2. The third kappa shape index (κ3) is 5.96. The van der Waals surface area contributed by atoms with E-state index in [0.717, 1.165) is 47.7 Å². The molecular formula is C33H32FN9O2. The smallest absolute Gasteiger partial charge is 0.227 e. The van der Waals surface area contributed by atoms with Crippen molar-refractivity contribution in [2.45, 2.75) is 25.7 Å². The molecule has 12 heteroatoms. The number of aromatic nitrogens is 7. The van der Waals surface area contributed by atoms with Crippen LogP contribution in [0.5, 0.6) is 5.75 Å². The number of hydrogen-bond acceptors (Lipinski definition) is 8. The Morgan fingerprint density at radius 1 is 1.07 bits per heavy atom. The van der Waals surface area contributed by atoms with E-state index < -0.39 is 5.82 Å². The molecule has 1 aliphatic rings. The zero-order valence-corrected chi connectivity index (χ0v) is 25.0. The molecule has 1 fully saturated rings. The van der Waals surface area contributed by atoms with Crippen molar-refractivity contribution in [1.29, 1.82) is 0 Å². The summed E-state index contributed by atoms with van der Waals surface area (Å²) in [5, 5.41) is 11.4. The van der Waals surface area contributed by atoms with Gasteiger partial charge >= 0.3 is 0 Å². The molecule has 0 aliphatic heterocycles. The first kappa shape index (κ1) is 28.5. The first-order chi connectivity index (χ1) is 21.9. The molecule has 1 saturated carbocycles. The first-order valence-corrected chi connectivity index (χ1v) is 15.0. The molecule has 7 rings (SSSR count). The summed E-state index contributed by atoms with van der Waals surface area (Å²) >= 11 is 0. The molecular weight excluding hydrogens is 573 g/mol. The minimum Gasteiger partial charge on any atom is -0.492 e. The van der Waals surface area contributed by atoms with Crippen LogP contribution in [0.15, 0.2) is 61.2 Å². The monoisotopic (exact) mass is 605 g/mol. The lowest BCUT2D eigenvalue weighted by Crippen LogP contribution is -2.20. The number of nitrogens with one attached hydrogen (secondary N) is 3. The average molecular weight is 606 g/mol. The number of pyridine rings is 3. The van der Waals surface area contributed by atoms with Crippen LogP contribution in [0.2, 0.25) is 0 Å². The van der Waals surface area contributed by atoms with Gasteiger partial charge in [0, 0.05) is 47.4 Å². The number of likely N-dealkylation sites (N-methyl/N-ethyl adjacent to an activating group) is 1. The highest BCUT2D eigenvalue weighted by atomic mass is 19.1. The maximum atomic E-state index is 14.7. The van der Waals surface area contributed by atoms with Gasteiger partial charge in [0.15, 0.2) is 11.5 Å². The lowest BCUT2D eigenvalue weighted by atomic mass is 10.1. The van der Waals surface area contributed by atoms with E-state index in [1.54, 1.807) is 24.8 Å². The van der Waals surface area contributed by atoms with Crippen LogP contribution in [0.4, 0.5) is 10.1 Å². The van der Waals surface area contributed by atoms with Gasteiger partial charge in [-0.25, -0.2) is 14.4 Å². The Hall–Kier alpha value is -5.23. The molecule has 0 bridgehead atoms. The van der Waals surface area contributed by atoms with Crippen LogP contribution >= 0.6 is 0 Å². The van der Waals surface area contributed by atoms with Gasteiger partial charge < -0.3 is 19.9 Å². The minimum absolute atomic E-state index is 0.0381. The molecule has 5 heterocycles. The number of aromatic amines is 2. The fourth-order valence-corrected chi connectivity index (χ4v) is 5.75. The number of rotatable bonds is 9. The molecule has 6 aromatic rings. The van der Waals surface area contributed by atoms with Gasteiger partial charge in [0.2, 0.25) is 5.91 Å². The molecule has 0 unspecified atom stereocenters. The van der Waals surface area contributed by atoms with Crippen molar-refractivity contribution >= 4 is 33.7 Å². The molecule has 45 heavy (non-hydrogen) atoms. The Labute approximate surface area is 258 Å². The molecule has 0 radical (unpaired) electrons. The van der Waals surface area contributed by atoms with E-state index >= 15 is 0 Å². The number of anilines is 1. The van der Waals surface area contributed by atoms with Gasteiger partial charge in [-0.2, -0.15) is 5.10 Å². The van der Waals surface area contributed by atoms with Gasteiger partial charge in [0.25, 0.3) is 0 Å². The molecule has 0 atom stereocenters. The number of nitrogens with zero attached hydrogens (tertiary/aromatic N) is 6. The topological polar surface area (TPSA) is 138 Å². The van der Waals surface area contributed by atoms with Crippen LogP contribution < -0.4 is 10.1 Å². The molecule has 1 aromatic carbocycles. The lowest BCUT2D eigenvalue weighted by molar-refractivity contribution is -0.119. The summed E-state index contributed by atoms with van der Waals surface area (Å²) in [6.07, 6.45) is 10.8. The summed E-state index contributed by atoms with van der Waals surface area (Å²) in [5.74, 6) is 0.650. The molecule has 1 amide bonds. The van der Waals surface area contributed by atoms with E-state index in [2.05, 4.69) is 35.5 Å². The van der Waals surface area contributed by atoms with Crippen LogP contribution in [0.1, 0.15) is 25.7 Å². The van der Waals surface area contributed by atoms with Crippen molar-refractivity contribution in [3.8, 4) is 39.7 Å². The molecule has 3 N–H and O–H groups in total. The van der Waals surface area contributed by atoms with Crippen LogP contribution in [-0.2, 0) is 4.79 Å². The molecule has 228 valence electrons. The number of imidazole rings is 1. The Bertz CT molecular complexity index is 2010. The Balaban J connectivity index is 1.20. The fraction of sp³-hybridized carbons (Fsp3) is 0.273. The number of carbonyl (C=O) groups is 1. The summed E-state index contributed by atoms with van der Waals surface area (Å²) in [6.45, 7) is 1.15. The molecule has 1 aliphatic carbocycles. The average Bonchev–Trinajstić information content (AvgIpc) is 3.80. The molecule has 5 aromatic heterocycles. The second kappa shape index (κ2) is 12.0. The predicted molar refractivity (Wildman–Crippen MR) is 170 cm³/mol. The predicted octanol–water partition coefficient (Wildman–Crippen LogP) is 5.83. The molecule has 0 spiro atoms. The van der Waals surface area contributed by atoms with E-state index in [1.165, 1.54) is 12.1 Å². The largest absolute Gasteiger partial charge is 0.492 e. The molecule has 0 saturated heterocycles. The number of ether oxygens (including phenoxy) is 1. The molecule has 11 nitrogen and oxygen atoms in total. The number of carbonyl (C=O) groups excluding carboxylic acids is 1. The van der Waals surface area contributed by atoms with Crippen molar-refractivity contribution in [2.24, 2.45) is 5.92 Å². The van der Waals surface area contributed by atoms with Crippen LogP contribution in [0.25, 0.3) is 56.0 Å². The van der Waals surface area contributed by atoms with Gasteiger partial charge in [-0.1, -0.05) is 12.8 Å². The summed E-state index contributed by atoms with van der Waals surface area (Å²) in [4.78, 5) is 36.2. The standard InChI is InChI=1S/C33H32FN9O2/c1-43(2)9-10-45-24-13-20(11-22(34)14-24)25-7-8-36-31-29(25)39-32(40-31)30-26-15-27(37-18-28(26)41-42-30)21-12-23(17-35-16-21)38-33(44)19-5-3-4-6-19/h7-8,11-19H,3-6,9-10H2,1-2H3,(H,38,44)(H,41,42)(H,36,39,40). The number of H-pyrrole nitrogens is 2. The van der Waals surface area contributed by atoms with Crippen LogP contribution in [0.3, 0.4) is 0 Å². The Morgan fingerprint density at radius 3 is 2.78 bits per heavy atom. The maximum Gasteiger partial charge on any atom is 0.227 e. The van der Waals surface area contributed by atoms with Crippen LogP contribution in [-0.4, -0.2) is 73.2 Å². The van der Waals surface area contributed by atoms with Crippen molar-refractivity contribution in [3.63, 3.8) is 0 Å². The van der Waals surface area contributed by atoms with E-state index in [4.69, 9.17) is 9.72 Å². The number of halogens is 1. The summed E-state index contributed by atoms with van der Waals surface area (Å²) in [7, 11) is 3.91.